The van der Waals surface area contributed by atoms with E-state index in [0.29, 0.717) is 5.56 Å². The molecule has 4 heteroatoms. The van der Waals surface area contributed by atoms with Gasteiger partial charge in [-0.3, -0.25) is 4.79 Å². The molecule has 2 rings (SSSR count). The third-order valence-electron chi connectivity index (χ3n) is 3.01. The van der Waals surface area contributed by atoms with Crippen molar-refractivity contribution in [2.24, 2.45) is 0 Å². The Morgan fingerprint density at radius 2 is 1.50 bits per heavy atom. The molecule has 20 heavy (non-hydrogen) atoms. The Hall–Kier alpha value is -0.970. The average molecular weight is 398 g/mol. The summed E-state index contributed by atoms with van der Waals surface area (Å²) in [5, 5.41) is 0. The van der Waals surface area contributed by atoms with Crippen molar-refractivity contribution in [3.8, 4) is 0 Å². The summed E-state index contributed by atoms with van der Waals surface area (Å²) in [6.45, 7) is 0. The van der Waals surface area contributed by atoms with E-state index in [4.69, 9.17) is 4.74 Å². The number of rotatable bonds is 5. The molecular formula is C16H14Br2O2. The Labute approximate surface area is 135 Å². The number of benzene rings is 2. The first-order chi connectivity index (χ1) is 9.57. The van der Waals surface area contributed by atoms with E-state index >= 15 is 0 Å². The van der Waals surface area contributed by atoms with Gasteiger partial charge in [0.05, 0.1) is 0 Å². The third-order valence-corrected chi connectivity index (χ3v) is 4.56. The summed E-state index contributed by atoms with van der Waals surface area (Å²) in [7, 11) is 1.59. The van der Waals surface area contributed by atoms with E-state index < -0.39 is 9.34 Å². The number of hydrogen-bond acceptors (Lipinski definition) is 2. The smallest absolute Gasteiger partial charge is 0.193 e. The van der Waals surface area contributed by atoms with Crippen LogP contribution in [-0.2, 0) is 4.74 Å². The second-order valence-electron chi connectivity index (χ2n) is 4.34. The number of Topliss-reactive ketones (excluding diaryl/α,β-unsaturated/α-hetero) is 1. The van der Waals surface area contributed by atoms with Crippen LogP contribution in [0.4, 0.5) is 0 Å². The minimum absolute atomic E-state index is 0.0752. The van der Waals surface area contributed by atoms with Gasteiger partial charge >= 0.3 is 0 Å². The Kier molecular flexibility index (Phi) is 5.13. The van der Waals surface area contributed by atoms with Crippen LogP contribution in [0.1, 0.15) is 22.0 Å². The fraction of sp³-hybridized carbons (Fsp3) is 0.188. The van der Waals surface area contributed by atoms with Crippen LogP contribution in [0.2, 0.25) is 0 Å². The normalized spacial score (nSPS) is 12.9. The van der Waals surface area contributed by atoms with Gasteiger partial charge in [-0.15, -0.1) is 0 Å². The lowest BCUT2D eigenvalue weighted by molar-refractivity contribution is 0.0730. The summed E-state index contributed by atoms with van der Waals surface area (Å²) in [5.41, 5.74) is 1.55. The maximum atomic E-state index is 12.7. The second-order valence-corrected chi connectivity index (χ2v) is 7.91. The molecule has 0 spiro atoms. The molecule has 0 saturated carbocycles. The van der Waals surface area contributed by atoms with Crippen LogP contribution in [0.5, 0.6) is 0 Å². The molecule has 1 atom stereocenters. The molecule has 0 aromatic heterocycles. The monoisotopic (exact) mass is 396 g/mol. The van der Waals surface area contributed by atoms with Crippen molar-refractivity contribution < 1.29 is 9.53 Å². The minimum Gasteiger partial charge on any atom is -0.374 e. The van der Waals surface area contributed by atoms with Crippen LogP contribution in [-0.4, -0.2) is 16.1 Å². The molecule has 2 aromatic rings. The van der Waals surface area contributed by atoms with Crippen LogP contribution < -0.4 is 0 Å². The van der Waals surface area contributed by atoms with Gasteiger partial charge in [-0.25, -0.2) is 0 Å². The molecule has 0 radical (unpaired) electrons. The summed E-state index contributed by atoms with van der Waals surface area (Å²) in [5.74, 6) is -0.0752. The molecule has 0 heterocycles. The maximum Gasteiger partial charge on any atom is 0.193 e. The van der Waals surface area contributed by atoms with Crippen molar-refractivity contribution in [3.05, 3.63) is 71.8 Å². The topological polar surface area (TPSA) is 26.3 Å². The molecule has 0 N–H and O–H groups in total. The van der Waals surface area contributed by atoms with Gasteiger partial charge in [-0.05, 0) is 5.56 Å². The lowest BCUT2D eigenvalue weighted by atomic mass is 10.00. The molecule has 0 bridgehead atoms. The Bertz CT molecular complexity index is 568. The zero-order valence-corrected chi connectivity index (χ0v) is 14.1. The zero-order valence-electron chi connectivity index (χ0n) is 10.9. The van der Waals surface area contributed by atoms with Gasteiger partial charge < -0.3 is 4.74 Å². The average Bonchev–Trinajstić information content (AvgIpc) is 2.49. The lowest BCUT2D eigenvalue weighted by Gasteiger charge is -2.28. The molecule has 0 amide bonds. The number of carbonyl (C=O) groups excluding carboxylic acids is 1. The van der Waals surface area contributed by atoms with Gasteiger partial charge in [0.2, 0.25) is 0 Å². The molecule has 104 valence electrons. The molecule has 1 unspecified atom stereocenters. The van der Waals surface area contributed by atoms with E-state index in [1.165, 1.54) is 0 Å². The number of ketones is 1. The second kappa shape index (κ2) is 6.66. The highest BCUT2D eigenvalue weighted by Crippen LogP contribution is 2.44. The predicted octanol–water partition coefficient (Wildman–Crippen LogP) is 4.74. The SMILES string of the molecule is COC(c1ccccc1)C(Br)(Br)C(=O)c1ccccc1. The molecule has 2 nitrogen and oxygen atoms in total. The van der Waals surface area contributed by atoms with Crippen LogP contribution in [0.25, 0.3) is 0 Å². The maximum absolute atomic E-state index is 12.7. The van der Waals surface area contributed by atoms with E-state index in [1.54, 1.807) is 19.2 Å². The number of carbonyl (C=O) groups is 1. The first-order valence-electron chi connectivity index (χ1n) is 6.12. The first kappa shape index (κ1) is 15.4. The molecule has 0 fully saturated rings. The predicted molar refractivity (Wildman–Crippen MR) is 87.5 cm³/mol. The third kappa shape index (κ3) is 3.19. The van der Waals surface area contributed by atoms with Crippen molar-refractivity contribution in [1.29, 1.82) is 0 Å². The van der Waals surface area contributed by atoms with Gasteiger partial charge in [-0.2, -0.15) is 0 Å². The fourth-order valence-electron chi connectivity index (χ4n) is 2.02. The highest BCUT2D eigenvalue weighted by Gasteiger charge is 2.42. The zero-order chi connectivity index (χ0) is 14.6. The minimum atomic E-state index is -1.00. The molecule has 0 aliphatic heterocycles. The van der Waals surface area contributed by atoms with Gasteiger partial charge in [0.25, 0.3) is 0 Å². The molecule has 0 aliphatic rings. The van der Waals surface area contributed by atoms with Gasteiger partial charge in [0, 0.05) is 12.7 Å². The fourth-order valence-corrected chi connectivity index (χ4v) is 3.38. The standard InChI is InChI=1S/C16H14Br2O2/c1-20-15(13-10-6-3-7-11-13)16(17,18)14(19)12-8-4-2-5-9-12/h2-11,15H,1H3. The summed E-state index contributed by atoms with van der Waals surface area (Å²) >= 11 is 6.98. The number of hydrogen-bond donors (Lipinski definition) is 0. The van der Waals surface area contributed by atoms with Crippen molar-refractivity contribution >= 4 is 37.6 Å². The molecule has 2 aromatic carbocycles. The van der Waals surface area contributed by atoms with Crippen molar-refractivity contribution in [2.75, 3.05) is 7.11 Å². The number of ether oxygens (including phenoxy) is 1. The van der Waals surface area contributed by atoms with Crippen molar-refractivity contribution in [2.45, 2.75) is 9.34 Å². The highest BCUT2D eigenvalue weighted by atomic mass is 79.9. The Morgan fingerprint density at radius 1 is 1.00 bits per heavy atom. The molecule has 0 saturated heterocycles. The van der Waals surface area contributed by atoms with E-state index in [9.17, 15) is 4.79 Å². The number of alkyl halides is 2. The van der Waals surface area contributed by atoms with Crippen LogP contribution in [0.3, 0.4) is 0 Å². The first-order valence-corrected chi connectivity index (χ1v) is 7.71. The summed E-state index contributed by atoms with van der Waals surface area (Å²) < 4.78 is 4.53. The Balaban J connectivity index is 2.35. The largest absolute Gasteiger partial charge is 0.374 e. The summed E-state index contributed by atoms with van der Waals surface area (Å²) in [6.07, 6.45) is -0.434. The van der Waals surface area contributed by atoms with E-state index in [1.807, 2.05) is 48.5 Å². The van der Waals surface area contributed by atoms with Crippen molar-refractivity contribution in [1.82, 2.24) is 0 Å². The Morgan fingerprint density at radius 3 is 2.00 bits per heavy atom. The van der Waals surface area contributed by atoms with E-state index in [0.717, 1.165) is 5.56 Å². The number of methoxy groups -OCH3 is 1. The highest BCUT2D eigenvalue weighted by molar-refractivity contribution is 9.26. The van der Waals surface area contributed by atoms with E-state index in [2.05, 4.69) is 31.9 Å². The quantitative estimate of drug-likeness (QED) is 0.537. The van der Waals surface area contributed by atoms with Gasteiger partial charge in [0.15, 0.2) is 9.02 Å². The number of halogens is 2. The molecular weight excluding hydrogens is 384 g/mol. The van der Waals surface area contributed by atoms with Crippen molar-refractivity contribution in [3.63, 3.8) is 0 Å². The molecule has 0 aliphatic carbocycles. The van der Waals surface area contributed by atoms with Crippen LogP contribution >= 0.6 is 31.9 Å². The van der Waals surface area contributed by atoms with Gasteiger partial charge in [0.1, 0.15) is 6.10 Å². The summed E-state index contributed by atoms with van der Waals surface area (Å²) in [4.78, 5) is 12.7. The van der Waals surface area contributed by atoms with Crippen LogP contribution in [0.15, 0.2) is 60.7 Å². The van der Waals surface area contributed by atoms with Gasteiger partial charge in [-0.1, -0.05) is 92.5 Å². The summed E-state index contributed by atoms with van der Waals surface area (Å²) in [6, 6.07) is 18.8. The lowest BCUT2D eigenvalue weighted by Crippen LogP contribution is -2.33. The van der Waals surface area contributed by atoms with Crippen LogP contribution in [0, 0.1) is 0 Å². The van der Waals surface area contributed by atoms with E-state index in [-0.39, 0.29) is 5.78 Å².